The van der Waals surface area contributed by atoms with Gasteiger partial charge >= 0.3 is 5.97 Å². The van der Waals surface area contributed by atoms with Gasteiger partial charge in [-0.05, 0) is 31.2 Å². The Labute approximate surface area is 111 Å². The van der Waals surface area contributed by atoms with Gasteiger partial charge in [-0.15, -0.1) is 0 Å². The minimum absolute atomic E-state index is 0.106. The van der Waals surface area contributed by atoms with Crippen molar-refractivity contribution in [2.75, 3.05) is 14.1 Å². The van der Waals surface area contributed by atoms with Crippen molar-refractivity contribution in [2.24, 2.45) is 0 Å². The lowest BCUT2D eigenvalue weighted by molar-refractivity contribution is -0.130. The molecule has 0 spiro atoms. The number of hydrogen-bond donors (Lipinski definition) is 2. The zero-order chi connectivity index (χ0) is 14.6. The number of benzene rings is 1. The SMILES string of the molecule is CC(NC(=O)c1ccc(C(=O)O)cc1)C(=O)N(C)C. The molecule has 0 aliphatic rings. The molecule has 0 fully saturated rings. The molecule has 2 amide bonds. The Bertz CT molecular complexity index is 494. The van der Waals surface area contributed by atoms with E-state index in [0.717, 1.165) is 0 Å². The number of carboxylic acids is 1. The maximum atomic E-state index is 11.8. The third kappa shape index (κ3) is 3.80. The van der Waals surface area contributed by atoms with E-state index >= 15 is 0 Å². The van der Waals surface area contributed by atoms with Gasteiger partial charge in [-0.25, -0.2) is 4.79 Å². The number of carbonyl (C=O) groups excluding carboxylic acids is 2. The Kier molecular flexibility index (Phi) is 4.63. The standard InChI is InChI=1S/C13H16N2O4/c1-8(12(17)15(2)3)14-11(16)9-4-6-10(7-5-9)13(18)19/h4-8H,1-3H3,(H,14,16)(H,18,19). The molecule has 1 unspecified atom stereocenters. The number of aromatic carboxylic acids is 1. The molecule has 102 valence electrons. The summed E-state index contributed by atoms with van der Waals surface area (Å²) in [5, 5.41) is 11.3. The van der Waals surface area contributed by atoms with Gasteiger partial charge in [0.15, 0.2) is 0 Å². The van der Waals surface area contributed by atoms with Gasteiger partial charge in [0.05, 0.1) is 5.56 Å². The fraction of sp³-hybridized carbons (Fsp3) is 0.308. The second-order valence-electron chi connectivity index (χ2n) is 4.31. The highest BCUT2D eigenvalue weighted by atomic mass is 16.4. The van der Waals surface area contributed by atoms with Crippen molar-refractivity contribution < 1.29 is 19.5 Å². The number of carboxylic acid groups (broad SMARTS) is 1. The summed E-state index contributed by atoms with van der Waals surface area (Å²) in [7, 11) is 3.21. The van der Waals surface area contributed by atoms with Gasteiger partial charge in [0.2, 0.25) is 5.91 Å². The molecule has 0 bridgehead atoms. The van der Waals surface area contributed by atoms with E-state index in [-0.39, 0.29) is 11.5 Å². The van der Waals surface area contributed by atoms with Crippen LogP contribution < -0.4 is 5.32 Å². The molecule has 1 aromatic carbocycles. The molecule has 6 heteroatoms. The Morgan fingerprint density at radius 2 is 1.58 bits per heavy atom. The highest BCUT2D eigenvalue weighted by Crippen LogP contribution is 2.05. The third-order valence-electron chi connectivity index (χ3n) is 2.55. The first kappa shape index (κ1) is 14.7. The minimum atomic E-state index is -1.05. The van der Waals surface area contributed by atoms with Gasteiger partial charge in [0.25, 0.3) is 5.91 Å². The number of hydrogen-bond acceptors (Lipinski definition) is 3. The number of nitrogens with zero attached hydrogens (tertiary/aromatic N) is 1. The molecule has 19 heavy (non-hydrogen) atoms. The van der Waals surface area contributed by atoms with Crippen LogP contribution in [0.15, 0.2) is 24.3 Å². The highest BCUT2D eigenvalue weighted by molar-refractivity contribution is 5.98. The van der Waals surface area contributed by atoms with Crippen molar-refractivity contribution in [3.63, 3.8) is 0 Å². The number of nitrogens with one attached hydrogen (secondary N) is 1. The second kappa shape index (κ2) is 5.99. The average Bonchev–Trinajstić information content (AvgIpc) is 2.37. The van der Waals surface area contributed by atoms with Crippen molar-refractivity contribution in [1.82, 2.24) is 10.2 Å². The predicted molar refractivity (Wildman–Crippen MR) is 69.0 cm³/mol. The fourth-order valence-corrected chi connectivity index (χ4v) is 1.49. The molecule has 0 saturated heterocycles. The van der Waals surface area contributed by atoms with E-state index in [2.05, 4.69) is 5.32 Å². The van der Waals surface area contributed by atoms with Crippen LogP contribution in [0.3, 0.4) is 0 Å². The Balaban J connectivity index is 2.73. The van der Waals surface area contributed by atoms with E-state index in [1.807, 2.05) is 0 Å². The minimum Gasteiger partial charge on any atom is -0.478 e. The maximum Gasteiger partial charge on any atom is 0.335 e. The smallest absolute Gasteiger partial charge is 0.335 e. The van der Waals surface area contributed by atoms with E-state index in [4.69, 9.17) is 5.11 Å². The highest BCUT2D eigenvalue weighted by Gasteiger charge is 2.18. The lowest BCUT2D eigenvalue weighted by Crippen LogP contribution is -2.44. The van der Waals surface area contributed by atoms with Gasteiger partial charge in [-0.2, -0.15) is 0 Å². The Morgan fingerprint density at radius 1 is 1.11 bits per heavy atom. The summed E-state index contributed by atoms with van der Waals surface area (Å²) < 4.78 is 0. The van der Waals surface area contributed by atoms with Crippen LogP contribution >= 0.6 is 0 Å². The van der Waals surface area contributed by atoms with Crippen molar-refractivity contribution in [3.8, 4) is 0 Å². The van der Waals surface area contributed by atoms with Crippen LogP contribution in [0.2, 0.25) is 0 Å². The monoisotopic (exact) mass is 264 g/mol. The van der Waals surface area contributed by atoms with Gasteiger partial charge in [0.1, 0.15) is 6.04 Å². The first-order valence-electron chi connectivity index (χ1n) is 5.68. The summed E-state index contributed by atoms with van der Waals surface area (Å²) in [5.41, 5.74) is 0.414. The lowest BCUT2D eigenvalue weighted by Gasteiger charge is -2.17. The molecule has 6 nitrogen and oxygen atoms in total. The molecule has 0 aliphatic carbocycles. The molecule has 0 radical (unpaired) electrons. The van der Waals surface area contributed by atoms with Crippen molar-refractivity contribution >= 4 is 17.8 Å². The van der Waals surface area contributed by atoms with Crippen LogP contribution in [0.5, 0.6) is 0 Å². The first-order valence-corrected chi connectivity index (χ1v) is 5.68. The fourth-order valence-electron chi connectivity index (χ4n) is 1.49. The number of carbonyl (C=O) groups is 3. The quantitative estimate of drug-likeness (QED) is 0.833. The van der Waals surface area contributed by atoms with Crippen LogP contribution in [0, 0.1) is 0 Å². The average molecular weight is 264 g/mol. The predicted octanol–water partition coefficient (Wildman–Crippen LogP) is 0.591. The van der Waals surface area contributed by atoms with Gasteiger partial charge < -0.3 is 15.3 Å². The lowest BCUT2D eigenvalue weighted by atomic mass is 10.1. The Morgan fingerprint density at radius 3 is 2.00 bits per heavy atom. The number of rotatable bonds is 4. The zero-order valence-corrected chi connectivity index (χ0v) is 11.0. The maximum absolute atomic E-state index is 11.8. The van der Waals surface area contributed by atoms with Crippen molar-refractivity contribution in [1.29, 1.82) is 0 Å². The summed E-state index contributed by atoms with van der Waals surface area (Å²) in [6.45, 7) is 1.59. The molecule has 1 aromatic rings. The van der Waals surface area contributed by atoms with Crippen LogP contribution in [0.1, 0.15) is 27.6 Å². The number of likely N-dealkylation sites (N-methyl/N-ethyl adjacent to an activating group) is 1. The summed E-state index contributed by atoms with van der Waals surface area (Å²) in [6, 6.07) is 4.87. The molecule has 1 atom stereocenters. The second-order valence-corrected chi connectivity index (χ2v) is 4.31. The molecular weight excluding hydrogens is 248 g/mol. The van der Waals surface area contributed by atoms with Crippen molar-refractivity contribution in [3.05, 3.63) is 35.4 Å². The van der Waals surface area contributed by atoms with Crippen LogP contribution in [0.25, 0.3) is 0 Å². The van der Waals surface area contributed by atoms with E-state index in [9.17, 15) is 14.4 Å². The normalized spacial score (nSPS) is 11.5. The Hall–Kier alpha value is -2.37. The third-order valence-corrected chi connectivity index (χ3v) is 2.55. The molecular formula is C13H16N2O4. The van der Waals surface area contributed by atoms with Gasteiger partial charge in [0, 0.05) is 19.7 Å². The molecule has 0 heterocycles. The summed E-state index contributed by atoms with van der Waals surface area (Å²) >= 11 is 0. The van der Waals surface area contributed by atoms with E-state index in [1.54, 1.807) is 21.0 Å². The summed E-state index contributed by atoms with van der Waals surface area (Å²) in [6.07, 6.45) is 0. The number of amides is 2. The molecule has 0 aliphatic heterocycles. The zero-order valence-electron chi connectivity index (χ0n) is 11.0. The summed E-state index contributed by atoms with van der Waals surface area (Å²) in [4.78, 5) is 35.5. The molecule has 2 N–H and O–H groups in total. The van der Waals surface area contributed by atoms with Crippen LogP contribution in [0.4, 0.5) is 0 Å². The topological polar surface area (TPSA) is 86.7 Å². The van der Waals surface area contributed by atoms with E-state index in [0.29, 0.717) is 5.56 Å². The van der Waals surface area contributed by atoms with Gasteiger partial charge in [-0.1, -0.05) is 0 Å². The van der Waals surface area contributed by atoms with E-state index in [1.165, 1.54) is 29.2 Å². The van der Waals surface area contributed by atoms with Crippen LogP contribution in [-0.2, 0) is 4.79 Å². The molecule has 0 saturated carbocycles. The molecule has 0 aromatic heterocycles. The first-order chi connectivity index (χ1) is 8.82. The van der Waals surface area contributed by atoms with Crippen LogP contribution in [-0.4, -0.2) is 47.9 Å². The van der Waals surface area contributed by atoms with Gasteiger partial charge in [-0.3, -0.25) is 9.59 Å². The van der Waals surface area contributed by atoms with E-state index < -0.39 is 17.9 Å². The largest absolute Gasteiger partial charge is 0.478 e. The molecule has 1 rings (SSSR count). The van der Waals surface area contributed by atoms with Crippen molar-refractivity contribution in [2.45, 2.75) is 13.0 Å². The summed E-state index contributed by atoms with van der Waals surface area (Å²) in [5.74, 6) is -1.68.